The SMILES string of the molecule is CC12CC(C3CCCCC4(C)OC34)CCC1O2. The summed E-state index contributed by atoms with van der Waals surface area (Å²) in [5.74, 6) is 1.69. The summed E-state index contributed by atoms with van der Waals surface area (Å²) >= 11 is 0. The monoisotopic (exact) mass is 236 g/mol. The lowest BCUT2D eigenvalue weighted by molar-refractivity contribution is 0.165. The van der Waals surface area contributed by atoms with Gasteiger partial charge < -0.3 is 9.47 Å². The number of ether oxygens (including phenoxy) is 2. The zero-order valence-corrected chi connectivity index (χ0v) is 11.1. The largest absolute Gasteiger partial charge is 0.366 e. The smallest absolute Gasteiger partial charge is 0.0923 e. The van der Waals surface area contributed by atoms with Crippen molar-refractivity contribution in [2.24, 2.45) is 11.8 Å². The molecule has 0 aromatic carbocycles. The third-order valence-electron chi connectivity index (χ3n) is 5.90. The maximum absolute atomic E-state index is 6.05. The number of epoxide rings is 2. The molecule has 2 heterocycles. The van der Waals surface area contributed by atoms with Crippen LogP contribution < -0.4 is 0 Å². The average molecular weight is 236 g/mol. The van der Waals surface area contributed by atoms with Crippen molar-refractivity contribution in [1.82, 2.24) is 0 Å². The molecule has 6 atom stereocenters. The molecule has 2 nitrogen and oxygen atoms in total. The van der Waals surface area contributed by atoms with Gasteiger partial charge in [0.15, 0.2) is 0 Å². The van der Waals surface area contributed by atoms with Crippen molar-refractivity contribution in [3.8, 4) is 0 Å². The third-order valence-corrected chi connectivity index (χ3v) is 5.90. The Labute approximate surface area is 104 Å². The predicted octanol–water partition coefficient (Wildman–Crippen LogP) is 3.29. The van der Waals surface area contributed by atoms with Crippen molar-refractivity contribution in [2.45, 2.75) is 82.2 Å². The molecule has 0 N–H and O–H groups in total. The second-order valence-electron chi connectivity index (χ2n) is 7.22. The molecule has 4 fully saturated rings. The van der Waals surface area contributed by atoms with E-state index in [0.29, 0.717) is 12.2 Å². The normalized spacial score (nSPS) is 61.1. The van der Waals surface area contributed by atoms with Gasteiger partial charge in [-0.15, -0.1) is 0 Å². The number of hydrogen-bond acceptors (Lipinski definition) is 2. The molecule has 17 heavy (non-hydrogen) atoms. The van der Waals surface area contributed by atoms with Gasteiger partial charge in [0.2, 0.25) is 0 Å². The lowest BCUT2D eigenvalue weighted by Gasteiger charge is -2.30. The number of rotatable bonds is 1. The molecule has 0 bridgehead atoms. The Bertz CT molecular complexity index is 342. The van der Waals surface area contributed by atoms with Gasteiger partial charge in [0.05, 0.1) is 23.4 Å². The lowest BCUT2D eigenvalue weighted by atomic mass is 9.72. The van der Waals surface area contributed by atoms with E-state index in [2.05, 4.69) is 13.8 Å². The van der Waals surface area contributed by atoms with Crippen LogP contribution in [0.3, 0.4) is 0 Å². The first-order valence-corrected chi connectivity index (χ1v) is 7.46. The van der Waals surface area contributed by atoms with Gasteiger partial charge in [-0.25, -0.2) is 0 Å². The molecule has 4 rings (SSSR count). The quantitative estimate of drug-likeness (QED) is 0.653. The highest BCUT2D eigenvalue weighted by atomic mass is 16.6. The summed E-state index contributed by atoms with van der Waals surface area (Å²) in [5, 5.41) is 0. The van der Waals surface area contributed by atoms with Crippen LogP contribution in [0, 0.1) is 11.8 Å². The van der Waals surface area contributed by atoms with Crippen molar-refractivity contribution < 1.29 is 9.47 Å². The van der Waals surface area contributed by atoms with Gasteiger partial charge in [-0.2, -0.15) is 0 Å². The van der Waals surface area contributed by atoms with Gasteiger partial charge in [-0.3, -0.25) is 0 Å². The molecule has 96 valence electrons. The third kappa shape index (κ3) is 1.60. The second-order valence-corrected chi connectivity index (χ2v) is 7.22. The fraction of sp³-hybridized carbons (Fsp3) is 1.00. The summed E-state index contributed by atoms with van der Waals surface area (Å²) in [6.45, 7) is 4.64. The molecule has 0 aromatic rings. The highest BCUT2D eigenvalue weighted by molar-refractivity contribution is 5.10. The van der Waals surface area contributed by atoms with E-state index in [4.69, 9.17) is 9.47 Å². The molecule has 0 aromatic heterocycles. The van der Waals surface area contributed by atoms with Crippen molar-refractivity contribution in [3.63, 3.8) is 0 Å². The lowest BCUT2D eigenvalue weighted by Crippen LogP contribution is -2.31. The minimum Gasteiger partial charge on any atom is -0.366 e. The van der Waals surface area contributed by atoms with Crippen molar-refractivity contribution >= 4 is 0 Å². The van der Waals surface area contributed by atoms with Gasteiger partial charge >= 0.3 is 0 Å². The molecule has 0 radical (unpaired) electrons. The Kier molecular flexibility index (Phi) is 2.08. The van der Waals surface area contributed by atoms with Gasteiger partial charge in [-0.1, -0.05) is 12.8 Å². The first kappa shape index (κ1) is 10.8. The Hall–Kier alpha value is -0.0800. The second kappa shape index (κ2) is 3.27. The van der Waals surface area contributed by atoms with Crippen LogP contribution in [0.4, 0.5) is 0 Å². The Morgan fingerprint density at radius 1 is 0.941 bits per heavy atom. The van der Waals surface area contributed by atoms with Gasteiger partial charge in [-0.05, 0) is 57.8 Å². The maximum atomic E-state index is 6.05. The summed E-state index contributed by atoms with van der Waals surface area (Å²) in [6, 6.07) is 0. The molecule has 2 saturated carbocycles. The topological polar surface area (TPSA) is 25.1 Å². The molecule has 0 amide bonds. The van der Waals surface area contributed by atoms with Crippen molar-refractivity contribution in [3.05, 3.63) is 0 Å². The number of hydrogen-bond donors (Lipinski definition) is 0. The summed E-state index contributed by atoms with van der Waals surface area (Å²) < 4.78 is 11.9. The van der Waals surface area contributed by atoms with E-state index in [0.717, 1.165) is 11.8 Å². The average Bonchev–Trinajstić information content (AvgIpc) is 3.11. The summed E-state index contributed by atoms with van der Waals surface area (Å²) in [6.07, 6.45) is 10.6. The summed E-state index contributed by atoms with van der Waals surface area (Å²) in [7, 11) is 0. The number of fused-ring (bicyclic) bond motifs is 2. The molecule has 6 unspecified atom stereocenters. The van der Waals surface area contributed by atoms with Crippen LogP contribution in [0.2, 0.25) is 0 Å². The van der Waals surface area contributed by atoms with Crippen LogP contribution in [0.15, 0.2) is 0 Å². The first-order valence-electron chi connectivity index (χ1n) is 7.46. The van der Waals surface area contributed by atoms with Crippen LogP contribution in [0.25, 0.3) is 0 Å². The fourth-order valence-electron chi connectivity index (χ4n) is 4.68. The molecule has 4 aliphatic rings. The van der Waals surface area contributed by atoms with Crippen LogP contribution in [-0.4, -0.2) is 23.4 Å². The molecule has 2 aliphatic carbocycles. The molecular formula is C15H24O2. The van der Waals surface area contributed by atoms with Crippen molar-refractivity contribution in [2.75, 3.05) is 0 Å². The highest BCUT2D eigenvalue weighted by Crippen LogP contribution is 2.57. The fourth-order valence-corrected chi connectivity index (χ4v) is 4.68. The highest BCUT2D eigenvalue weighted by Gasteiger charge is 2.62. The van der Waals surface area contributed by atoms with E-state index >= 15 is 0 Å². The molecule has 2 aliphatic heterocycles. The molecule has 2 saturated heterocycles. The molecular weight excluding hydrogens is 212 g/mol. The summed E-state index contributed by atoms with van der Waals surface area (Å²) in [5.41, 5.74) is 0.504. The van der Waals surface area contributed by atoms with Gasteiger partial charge in [0.1, 0.15) is 0 Å². The van der Waals surface area contributed by atoms with Crippen LogP contribution in [0.5, 0.6) is 0 Å². The molecule has 2 heteroatoms. The van der Waals surface area contributed by atoms with Gasteiger partial charge in [0, 0.05) is 0 Å². The molecule has 0 spiro atoms. The van der Waals surface area contributed by atoms with E-state index in [-0.39, 0.29) is 11.2 Å². The van der Waals surface area contributed by atoms with Crippen LogP contribution in [-0.2, 0) is 9.47 Å². The minimum absolute atomic E-state index is 0.251. The van der Waals surface area contributed by atoms with E-state index < -0.39 is 0 Å². The zero-order chi connectivity index (χ0) is 11.7. The minimum atomic E-state index is 0.251. The Morgan fingerprint density at radius 3 is 2.65 bits per heavy atom. The van der Waals surface area contributed by atoms with Crippen LogP contribution >= 0.6 is 0 Å². The van der Waals surface area contributed by atoms with E-state index in [9.17, 15) is 0 Å². The zero-order valence-electron chi connectivity index (χ0n) is 11.1. The predicted molar refractivity (Wildman–Crippen MR) is 65.9 cm³/mol. The Morgan fingerprint density at radius 2 is 1.82 bits per heavy atom. The van der Waals surface area contributed by atoms with E-state index in [1.54, 1.807) is 0 Å². The maximum Gasteiger partial charge on any atom is 0.0923 e. The standard InChI is InChI=1S/C15H24O2/c1-14-8-4-3-5-11(13(14)17-14)10-6-7-12-15(2,9-10)16-12/h10-13H,3-9H2,1-2H3. The van der Waals surface area contributed by atoms with Crippen molar-refractivity contribution in [1.29, 1.82) is 0 Å². The van der Waals surface area contributed by atoms with Crippen LogP contribution in [0.1, 0.15) is 58.8 Å². The van der Waals surface area contributed by atoms with Gasteiger partial charge in [0.25, 0.3) is 0 Å². The van der Waals surface area contributed by atoms with E-state index in [1.807, 2.05) is 0 Å². The first-order chi connectivity index (χ1) is 8.11. The van der Waals surface area contributed by atoms with E-state index in [1.165, 1.54) is 44.9 Å². The summed E-state index contributed by atoms with van der Waals surface area (Å²) in [4.78, 5) is 0. The Balaban J connectivity index is 1.50.